The molecule has 0 aliphatic heterocycles. The van der Waals surface area contributed by atoms with Gasteiger partial charge < -0.3 is 5.32 Å². The highest BCUT2D eigenvalue weighted by Gasteiger charge is 2.14. The predicted octanol–water partition coefficient (Wildman–Crippen LogP) is 4.51. The van der Waals surface area contributed by atoms with E-state index in [0.717, 1.165) is 22.3 Å². The van der Waals surface area contributed by atoms with Gasteiger partial charge in [0.25, 0.3) is 5.69 Å². The van der Waals surface area contributed by atoms with Crippen LogP contribution >= 0.6 is 43.2 Å². The number of hydrogen-bond acceptors (Lipinski definition) is 4. The summed E-state index contributed by atoms with van der Waals surface area (Å²) >= 11 is 8.45. The second-order valence-electron chi connectivity index (χ2n) is 4.14. The minimum absolute atomic E-state index is 0.103. The van der Waals surface area contributed by atoms with Crippen molar-refractivity contribution in [3.63, 3.8) is 0 Å². The van der Waals surface area contributed by atoms with Crippen molar-refractivity contribution in [3.8, 4) is 0 Å². The highest BCUT2D eigenvalue weighted by molar-refractivity contribution is 9.11. The molecule has 0 aliphatic carbocycles. The number of hydrogen-bond donors (Lipinski definition) is 1. The summed E-state index contributed by atoms with van der Waals surface area (Å²) in [5, 5.41) is 14.1. The number of nitrogens with zero attached hydrogens (tertiary/aromatic N) is 1. The number of nitro groups is 1. The summed E-state index contributed by atoms with van der Waals surface area (Å²) in [6, 6.07) is 9.22. The summed E-state index contributed by atoms with van der Waals surface area (Å²) in [4.78, 5) is 11.8. The second-order valence-corrected chi connectivity index (χ2v) is 7.48. The van der Waals surface area contributed by atoms with Gasteiger partial charge in [-0.15, -0.1) is 11.3 Å². The van der Waals surface area contributed by atoms with Crippen molar-refractivity contribution < 1.29 is 4.92 Å². The summed E-state index contributed by atoms with van der Waals surface area (Å²) in [5.41, 5.74) is 0.998. The molecular formula is C13H12Br2N2O2S. The van der Waals surface area contributed by atoms with Crippen molar-refractivity contribution in [3.05, 3.63) is 59.1 Å². The number of rotatable bonds is 6. The maximum atomic E-state index is 10.8. The maximum absolute atomic E-state index is 10.8. The van der Waals surface area contributed by atoms with Crippen LogP contribution in [0.1, 0.15) is 10.4 Å². The van der Waals surface area contributed by atoms with Gasteiger partial charge in [0.2, 0.25) is 0 Å². The van der Waals surface area contributed by atoms with Gasteiger partial charge in [0.1, 0.15) is 0 Å². The third kappa shape index (κ3) is 4.12. The minimum atomic E-state index is -0.378. The van der Waals surface area contributed by atoms with Gasteiger partial charge in [0.15, 0.2) is 0 Å². The van der Waals surface area contributed by atoms with Gasteiger partial charge >= 0.3 is 0 Å². The monoisotopic (exact) mass is 418 g/mol. The van der Waals surface area contributed by atoms with Crippen LogP contribution in [0.2, 0.25) is 0 Å². The number of nitro benzene ring substituents is 1. The summed E-state index contributed by atoms with van der Waals surface area (Å²) in [5.74, 6) is 0. The van der Waals surface area contributed by atoms with Crippen LogP contribution in [0.5, 0.6) is 0 Å². The lowest BCUT2D eigenvalue weighted by Gasteiger charge is -2.06. The fourth-order valence-electron chi connectivity index (χ4n) is 1.76. The molecule has 0 aliphatic rings. The van der Waals surface area contributed by atoms with Crippen LogP contribution < -0.4 is 5.32 Å². The fourth-order valence-corrected chi connectivity index (χ4v) is 3.80. The highest BCUT2D eigenvalue weighted by atomic mass is 79.9. The SMILES string of the molecule is O=[N+]([O-])c1cccc(CNCCc2ccc(Br)s2)c1Br. The van der Waals surface area contributed by atoms with Gasteiger partial charge in [-0.05, 0) is 56.0 Å². The van der Waals surface area contributed by atoms with E-state index >= 15 is 0 Å². The molecule has 4 nitrogen and oxygen atoms in total. The predicted molar refractivity (Wildman–Crippen MR) is 88.2 cm³/mol. The zero-order valence-electron chi connectivity index (χ0n) is 10.4. The first-order valence-electron chi connectivity index (χ1n) is 5.94. The molecule has 20 heavy (non-hydrogen) atoms. The summed E-state index contributed by atoms with van der Waals surface area (Å²) in [6.45, 7) is 1.44. The molecule has 0 atom stereocenters. The van der Waals surface area contributed by atoms with Crippen molar-refractivity contribution >= 4 is 48.9 Å². The lowest BCUT2D eigenvalue weighted by atomic mass is 10.2. The molecule has 0 saturated heterocycles. The Kier molecular flexibility index (Phi) is 5.71. The summed E-state index contributed by atoms with van der Waals surface area (Å²) < 4.78 is 1.69. The minimum Gasteiger partial charge on any atom is -0.312 e. The van der Waals surface area contributed by atoms with Gasteiger partial charge in [0.05, 0.1) is 13.2 Å². The van der Waals surface area contributed by atoms with E-state index in [4.69, 9.17) is 0 Å². The molecule has 0 saturated carbocycles. The van der Waals surface area contributed by atoms with Gasteiger partial charge in [-0.3, -0.25) is 10.1 Å². The smallest absolute Gasteiger partial charge is 0.283 e. The Morgan fingerprint density at radius 2 is 2.05 bits per heavy atom. The highest BCUT2D eigenvalue weighted by Crippen LogP contribution is 2.28. The fraction of sp³-hybridized carbons (Fsp3) is 0.231. The first kappa shape index (κ1) is 15.6. The maximum Gasteiger partial charge on any atom is 0.283 e. The van der Waals surface area contributed by atoms with Crippen LogP contribution in [-0.4, -0.2) is 11.5 Å². The molecule has 0 radical (unpaired) electrons. The van der Waals surface area contributed by atoms with Gasteiger partial charge in [-0.1, -0.05) is 12.1 Å². The Morgan fingerprint density at radius 3 is 2.70 bits per heavy atom. The molecule has 0 spiro atoms. The van der Waals surface area contributed by atoms with Crippen molar-refractivity contribution in [2.45, 2.75) is 13.0 Å². The normalized spacial score (nSPS) is 10.7. The van der Waals surface area contributed by atoms with Crippen LogP contribution in [0.25, 0.3) is 0 Å². The molecule has 1 aromatic carbocycles. The molecule has 7 heteroatoms. The third-order valence-electron chi connectivity index (χ3n) is 2.75. The van der Waals surface area contributed by atoms with E-state index in [9.17, 15) is 10.1 Å². The standard InChI is InChI=1S/C13H12Br2N2O2S/c14-12-5-4-10(20-12)6-7-16-8-9-2-1-3-11(13(9)15)17(18)19/h1-5,16H,6-8H2. The Balaban J connectivity index is 1.88. The number of benzene rings is 1. The zero-order valence-corrected chi connectivity index (χ0v) is 14.4. The average Bonchev–Trinajstić information content (AvgIpc) is 2.82. The first-order valence-corrected chi connectivity index (χ1v) is 8.35. The Bertz CT molecular complexity index is 616. The largest absolute Gasteiger partial charge is 0.312 e. The number of thiophene rings is 1. The van der Waals surface area contributed by atoms with E-state index in [-0.39, 0.29) is 10.6 Å². The van der Waals surface area contributed by atoms with Crippen LogP contribution in [0.15, 0.2) is 38.6 Å². The van der Waals surface area contributed by atoms with Gasteiger partial charge in [-0.2, -0.15) is 0 Å². The molecular weight excluding hydrogens is 408 g/mol. The second kappa shape index (κ2) is 7.31. The molecule has 2 rings (SSSR count). The van der Waals surface area contributed by atoms with Crippen LogP contribution in [-0.2, 0) is 13.0 Å². The van der Waals surface area contributed by atoms with E-state index < -0.39 is 0 Å². The van der Waals surface area contributed by atoms with E-state index in [1.54, 1.807) is 17.4 Å². The molecule has 0 fully saturated rings. The van der Waals surface area contributed by atoms with Gasteiger partial charge in [0, 0.05) is 24.0 Å². The lowest BCUT2D eigenvalue weighted by molar-refractivity contribution is -0.385. The summed E-state index contributed by atoms with van der Waals surface area (Å²) in [6.07, 6.45) is 0.947. The molecule has 1 heterocycles. The van der Waals surface area contributed by atoms with Crippen LogP contribution in [0.3, 0.4) is 0 Å². The molecule has 0 bridgehead atoms. The molecule has 2 aromatic rings. The molecule has 0 amide bonds. The number of halogens is 2. The van der Waals surface area contributed by atoms with Crippen LogP contribution in [0, 0.1) is 10.1 Å². The van der Waals surface area contributed by atoms with Gasteiger partial charge in [-0.25, -0.2) is 0 Å². The topological polar surface area (TPSA) is 55.2 Å². The van der Waals surface area contributed by atoms with E-state index in [0.29, 0.717) is 11.0 Å². The lowest BCUT2D eigenvalue weighted by Crippen LogP contribution is -2.16. The molecule has 1 aromatic heterocycles. The third-order valence-corrected chi connectivity index (χ3v) is 5.35. The molecule has 1 N–H and O–H groups in total. The van der Waals surface area contributed by atoms with E-state index in [2.05, 4.69) is 43.2 Å². The van der Waals surface area contributed by atoms with Crippen molar-refractivity contribution in [1.29, 1.82) is 0 Å². The van der Waals surface area contributed by atoms with E-state index in [1.807, 2.05) is 12.1 Å². The van der Waals surface area contributed by atoms with Crippen LogP contribution in [0.4, 0.5) is 5.69 Å². The quantitative estimate of drug-likeness (QED) is 0.425. The Labute approximate surface area is 137 Å². The van der Waals surface area contributed by atoms with Crippen molar-refractivity contribution in [2.75, 3.05) is 6.54 Å². The van der Waals surface area contributed by atoms with Crippen molar-refractivity contribution in [2.24, 2.45) is 0 Å². The Morgan fingerprint density at radius 1 is 1.25 bits per heavy atom. The van der Waals surface area contributed by atoms with Crippen molar-refractivity contribution in [1.82, 2.24) is 5.32 Å². The molecule has 0 unspecified atom stereocenters. The average molecular weight is 420 g/mol. The first-order chi connectivity index (χ1) is 9.58. The Hall–Kier alpha value is -0.760. The molecule has 106 valence electrons. The number of nitrogens with one attached hydrogen (secondary N) is 1. The van der Waals surface area contributed by atoms with E-state index in [1.165, 1.54) is 10.9 Å². The summed E-state index contributed by atoms with van der Waals surface area (Å²) in [7, 11) is 0. The zero-order chi connectivity index (χ0) is 14.5.